The van der Waals surface area contributed by atoms with Gasteiger partial charge in [0.25, 0.3) is 5.91 Å². The molecule has 8 nitrogen and oxygen atoms in total. The lowest BCUT2D eigenvalue weighted by atomic mass is 9.80. The summed E-state index contributed by atoms with van der Waals surface area (Å²) >= 11 is 6.04. The number of hydrogen-bond acceptors (Lipinski definition) is 6. The third-order valence-electron chi connectivity index (χ3n) is 6.13. The predicted molar refractivity (Wildman–Crippen MR) is 128 cm³/mol. The molecule has 2 atom stereocenters. The van der Waals surface area contributed by atoms with E-state index < -0.39 is 29.3 Å². The summed E-state index contributed by atoms with van der Waals surface area (Å²) in [5.74, 6) is -0.612. The van der Waals surface area contributed by atoms with Crippen LogP contribution in [0, 0.1) is 18.3 Å². The number of aryl methyl sites for hydroxylation is 1. The molecule has 3 rings (SSSR count). The van der Waals surface area contributed by atoms with Crippen molar-refractivity contribution in [1.29, 1.82) is 0 Å². The number of halogens is 1. The molecule has 1 aromatic carbocycles. The molecule has 1 saturated carbocycles. The lowest BCUT2D eigenvalue weighted by molar-refractivity contribution is -0.134. The molecule has 2 aromatic rings. The zero-order chi connectivity index (χ0) is 25.0. The Morgan fingerprint density at radius 2 is 1.85 bits per heavy atom. The summed E-state index contributed by atoms with van der Waals surface area (Å²) in [5, 5.41) is 19.2. The highest BCUT2D eigenvalue weighted by Gasteiger charge is 2.38. The van der Waals surface area contributed by atoms with Crippen LogP contribution in [0.2, 0.25) is 5.02 Å². The number of nitrogens with zero attached hydrogens (tertiary/aromatic N) is 1. The molecule has 3 N–H and O–H groups in total. The van der Waals surface area contributed by atoms with Crippen LogP contribution < -0.4 is 10.6 Å². The molecule has 0 aliphatic heterocycles. The van der Waals surface area contributed by atoms with E-state index in [4.69, 9.17) is 16.1 Å². The molecule has 34 heavy (non-hydrogen) atoms. The van der Waals surface area contributed by atoms with Gasteiger partial charge >= 0.3 is 0 Å². The average molecular weight is 490 g/mol. The Bertz CT molecular complexity index is 1050. The first kappa shape index (κ1) is 25.7. The average Bonchev–Trinajstić information content (AvgIpc) is 3.45. The van der Waals surface area contributed by atoms with Crippen LogP contribution in [-0.4, -0.2) is 39.9 Å². The van der Waals surface area contributed by atoms with E-state index in [1.807, 2.05) is 20.8 Å². The SMILES string of the molecule is Cc1cc(C(=O)N[C@@H](Cc2ccc(O)c(Cl)c2)C(=O)N[C@H](C(=O)C(C)(C)C)C2CCCC2)no1. The molecule has 1 aliphatic rings. The topological polar surface area (TPSA) is 122 Å². The minimum Gasteiger partial charge on any atom is -0.506 e. The van der Waals surface area contributed by atoms with Crippen LogP contribution in [0.1, 0.15) is 68.3 Å². The van der Waals surface area contributed by atoms with Gasteiger partial charge in [0.1, 0.15) is 17.6 Å². The highest BCUT2D eigenvalue weighted by molar-refractivity contribution is 6.32. The third-order valence-corrected chi connectivity index (χ3v) is 6.43. The van der Waals surface area contributed by atoms with Gasteiger partial charge in [0.2, 0.25) is 5.91 Å². The zero-order valence-corrected chi connectivity index (χ0v) is 20.7. The van der Waals surface area contributed by atoms with Gasteiger partial charge in [-0.1, -0.05) is 56.4 Å². The lowest BCUT2D eigenvalue weighted by Gasteiger charge is -2.31. The third kappa shape index (κ3) is 6.38. The quantitative estimate of drug-likeness (QED) is 0.515. The van der Waals surface area contributed by atoms with Gasteiger partial charge in [0, 0.05) is 17.9 Å². The Morgan fingerprint density at radius 1 is 1.18 bits per heavy atom. The summed E-state index contributed by atoms with van der Waals surface area (Å²) in [6.45, 7) is 7.19. The number of aromatic nitrogens is 1. The van der Waals surface area contributed by atoms with Crippen molar-refractivity contribution in [2.75, 3.05) is 0 Å². The van der Waals surface area contributed by atoms with Crippen molar-refractivity contribution in [3.05, 3.63) is 46.3 Å². The van der Waals surface area contributed by atoms with E-state index in [9.17, 15) is 19.5 Å². The maximum Gasteiger partial charge on any atom is 0.274 e. The second kappa shape index (κ2) is 10.6. The number of ketones is 1. The van der Waals surface area contributed by atoms with Crippen molar-refractivity contribution in [1.82, 2.24) is 15.8 Å². The Labute approximate surface area is 204 Å². The maximum absolute atomic E-state index is 13.5. The molecular formula is C25H32ClN3O5. The summed E-state index contributed by atoms with van der Waals surface area (Å²) in [7, 11) is 0. The van der Waals surface area contributed by atoms with Crippen molar-refractivity contribution < 1.29 is 24.0 Å². The maximum atomic E-state index is 13.5. The van der Waals surface area contributed by atoms with E-state index in [1.54, 1.807) is 19.1 Å². The van der Waals surface area contributed by atoms with Gasteiger partial charge in [0.05, 0.1) is 11.1 Å². The molecule has 0 spiro atoms. The van der Waals surface area contributed by atoms with Crippen LogP contribution in [0.5, 0.6) is 5.75 Å². The number of nitrogens with one attached hydrogen (secondary N) is 2. The summed E-state index contributed by atoms with van der Waals surface area (Å²) in [4.78, 5) is 39.5. The number of hydrogen-bond donors (Lipinski definition) is 3. The first-order valence-corrected chi connectivity index (χ1v) is 11.9. The molecular weight excluding hydrogens is 458 g/mol. The molecule has 0 radical (unpaired) electrons. The minimum absolute atomic E-state index is 0.0300. The summed E-state index contributed by atoms with van der Waals surface area (Å²) in [6, 6.07) is 4.45. The minimum atomic E-state index is -0.998. The smallest absolute Gasteiger partial charge is 0.274 e. The summed E-state index contributed by atoms with van der Waals surface area (Å²) in [6.07, 6.45) is 3.89. The Morgan fingerprint density at radius 3 is 2.41 bits per heavy atom. The van der Waals surface area contributed by atoms with Crippen molar-refractivity contribution in [3.63, 3.8) is 0 Å². The van der Waals surface area contributed by atoms with E-state index in [1.165, 1.54) is 12.1 Å². The van der Waals surface area contributed by atoms with Crippen LogP contribution in [0.25, 0.3) is 0 Å². The van der Waals surface area contributed by atoms with Gasteiger partial charge in [0.15, 0.2) is 11.5 Å². The van der Waals surface area contributed by atoms with E-state index >= 15 is 0 Å². The molecule has 0 saturated heterocycles. The monoisotopic (exact) mass is 489 g/mol. The van der Waals surface area contributed by atoms with Gasteiger partial charge in [-0.15, -0.1) is 0 Å². The largest absolute Gasteiger partial charge is 0.506 e. The van der Waals surface area contributed by atoms with Crippen LogP contribution in [0.15, 0.2) is 28.8 Å². The van der Waals surface area contributed by atoms with Crippen LogP contribution in [0.3, 0.4) is 0 Å². The molecule has 1 aromatic heterocycles. The second-order valence-electron chi connectivity index (χ2n) is 9.98. The van der Waals surface area contributed by atoms with Gasteiger partial charge in [-0.3, -0.25) is 14.4 Å². The van der Waals surface area contributed by atoms with Crippen LogP contribution in [-0.2, 0) is 16.0 Å². The first-order chi connectivity index (χ1) is 16.0. The number of carbonyl (C=O) groups excluding carboxylic acids is 3. The number of Topliss-reactive ketones (excluding diaryl/α,β-unsaturated/α-hetero) is 1. The number of phenols is 1. The molecule has 1 aliphatic carbocycles. The van der Waals surface area contributed by atoms with Gasteiger partial charge in [-0.25, -0.2) is 0 Å². The Balaban J connectivity index is 1.86. The molecule has 184 valence electrons. The van der Waals surface area contributed by atoms with E-state index in [0.29, 0.717) is 11.3 Å². The number of carbonyl (C=O) groups is 3. The van der Waals surface area contributed by atoms with Crippen LogP contribution >= 0.6 is 11.6 Å². The highest BCUT2D eigenvalue weighted by Crippen LogP contribution is 2.32. The highest BCUT2D eigenvalue weighted by atomic mass is 35.5. The van der Waals surface area contributed by atoms with Crippen molar-refractivity contribution in [2.45, 2.75) is 71.9 Å². The Kier molecular flexibility index (Phi) is 8.02. The summed E-state index contributed by atoms with van der Waals surface area (Å²) in [5.41, 5.74) is 0.0680. The fourth-order valence-corrected chi connectivity index (χ4v) is 4.44. The second-order valence-corrected chi connectivity index (χ2v) is 10.4. The van der Waals surface area contributed by atoms with Gasteiger partial charge < -0.3 is 20.3 Å². The number of rotatable bonds is 8. The van der Waals surface area contributed by atoms with Gasteiger partial charge in [-0.05, 0) is 43.4 Å². The number of amides is 2. The fraction of sp³-hybridized carbons (Fsp3) is 0.520. The molecule has 9 heteroatoms. The molecule has 1 heterocycles. The van der Waals surface area contributed by atoms with Crippen molar-refractivity contribution >= 4 is 29.2 Å². The van der Waals surface area contributed by atoms with Crippen molar-refractivity contribution in [2.24, 2.45) is 11.3 Å². The lowest BCUT2D eigenvalue weighted by Crippen LogP contribution is -2.56. The van der Waals surface area contributed by atoms with Crippen molar-refractivity contribution in [3.8, 4) is 5.75 Å². The predicted octanol–water partition coefficient (Wildman–Crippen LogP) is 3.97. The van der Waals surface area contributed by atoms with E-state index in [2.05, 4.69) is 15.8 Å². The van der Waals surface area contributed by atoms with E-state index in [-0.39, 0.29) is 34.6 Å². The standard InChI is InChI=1S/C25H32ClN3O5/c1-14-11-19(29-34-14)24(33)27-18(13-15-9-10-20(30)17(26)12-15)23(32)28-21(16-7-5-6-8-16)22(31)25(2,3)4/h9-12,16,18,21,30H,5-8,13H2,1-4H3,(H,27,33)(H,28,32)/t18-,21-/m0/s1. The first-order valence-electron chi connectivity index (χ1n) is 11.5. The molecule has 0 bridgehead atoms. The summed E-state index contributed by atoms with van der Waals surface area (Å²) < 4.78 is 4.97. The zero-order valence-electron chi connectivity index (χ0n) is 20.0. The number of phenolic OH excluding ortho intramolecular Hbond substituents is 1. The van der Waals surface area contributed by atoms with Crippen LogP contribution in [0.4, 0.5) is 0 Å². The van der Waals surface area contributed by atoms with Gasteiger partial charge in [-0.2, -0.15) is 0 Å². The molecule has 2 amide bonds. The normalized spacial score (nSPS) is 16.1. The van der Waals surface area contributed by atoms with E-state index in [0.717, 1.165) is 25.7 Å². The molecule has 0 unspecified atom stereocenters. The number of aromatic hydroxyl groups is 1. The molecule has 1 fully saturated rings. The Hall–Kier alpha value is -2.87. The number of benzene rings is 1. The fourth-order valence-electron chi connectivity index (χ4n) is 4.24.